The maximum Gasteiger partial charge on any atom is 0.238 e. The summed E-state index contributed by atoms with van der Waals surface area (Å²) in [4.78, 5) is 14.0. The van der Waals surface area contributed by atoms with Gasteiger partial charge in [0.05, 0.1) is 11.0 Å². The molecule has 1 saturated heterocycles. The maximum atomic E-state index is 13.1. The van der Waals surface area contributed by atoms with E-state index < -0.39 is 0 Å². The molecule has 2 rings (SSSR count). The highest BCUT2D eigenvalue weighted by molar-refractivity contribution is 9.10. The van der Waals surface area contributed by atoms with Crippen LogP contribution in [-0.2, 0) is 4.79 Å². The molecule has 6 heteroatoms. The molecule has 1 fully saturated rings. The predicted molar refractivity (Wildman–Crippen MR) is 76.7 cm³/mol. The van der Waals surface area contributed by atoms with Gasteiger partial charge in [-0.1, -0.05) is 0 Å². The van der Waals surface area contributed by atoms with Gasteiger partial charge in [-0.25, -0.2) is 4.39 Å². The highest BCUT2D eigenvalue weighted by Gasteiger charge is 2.13. The lowest BCUT2D eigenvalue weighted by Gasteiger charge is -2.18. The summed E-state index contributed by atoms with van der Waals surface area (Å²) in [6, 6.07) is 4.45. The highest BCUT2D eigenvalue weighted by atomic mass is 79.9. The molecule has 19 heavy (non-hydrogen) atoms. The molecule has 0 atom stereocenters. The summed E-state index contributed by atoms with van der Waals surface area (Å²) in [6.45, 7) is 4.09. The lowest BCUT2D eigenvalue weighted by molar-refractivity contribution is -0.117. The Morgan fingerprint density at radius 1 is 1.42 bits per heavy atom. The van der Waals surface area contributed by atoms with Crippen molar-refractivity contribution in [3.63, 3.8) is 0 Å². The van der Waals surface area contributed by atoms with Gasteiger partial charge in [0.15, 0.2) is 0 Å². The summed E-state index contributed by atoms with van der Waals surface area (Å²) in [5, 5.41) is 6.07. The quantitative estimate of drug-likeness (QED) is 0.889. The first-order valence-corrected chi connectivity index (χ1v) is 7.12. The van der Waals surface area contributed by atoms with Gasteiger partial charge in [-0.05, 0) is 53.6 Å². The normalized spacial score (nSPS) is 16.9. The fourth-order valence-corrected chi connectivity index (χ4v) is 2.42. The zero-order valence-corrected chi connectivity index (χ0v) is 12.2. The van der Waals surface area contributed by atoms with Gasteiger partial charge in [-0.2, -0.15) is 0 Å². The summed E-state index contributed by atoms with van der Waals surface area (Å²) >= 11 is 3.10. The first-order valence-electron chi connectivity index (χ1n) is 6.33. The van der Waals surface area contributed by atoms with Crippen LogP contribution in [0.3, 0.4) is 0 Å². The van der Waals surface area contributed by atoms with Crippen LogP contribution in [0, 0.1) is 5.82 Å². The molecular weight excluding hydrogens is 313 g/mol. The van der Waals surface area contributed by atoms with Crippen LogP contribution in [0.2, 0.25) is 0 Å². The number of anilines is 1. The molecule has 1 aliphatic heterocycles. The Morgan fingerprint density at radius 3 is 3.05 bits per heavy atom. The Kier molecular flexibility index (Phi) is 5.30. The summed E-state index contributed by atoms with van der Waals surface area (Å²) in [5.74, 6) is -0.406. The zero-order valence-electron chi connectivity index (χ0n) is 10.6. The SMILES string of the molecule is O=C(CN1CCCNCC1)Nc1ccc(F)c(Br)c1. The number of amides is 1. The lowest BCUT2D eigenvalue weighted by Crippen LogP contribution is -2.35. The molecular formula is C13H17BrFN3O. The van der Waals surface area contributed by atoms with Crippen LogP contribution in [0.15, 0.2) is 22.7 Å². The van der Waals surface area contributed by atoms with E-state index in [2.05, 4.69) is 31.5 Å². The Balaban J connectivity index is 1.87. The Bertz CT molecular complexity index is 448. The van der Waals surface area contributed by atoms with E-state index in [1.165, 1.54) is 6.07 Å². The highest BCUT2D eigenvalue weighted by Crippen LogP contribution is 2.19. The summed E-state index contributed by atoms with van der Waals surface area (Å²) < 4.78 is 13.4. The predicted octanol–water partition coefficient (Wildman–Crippen LogP) is 1.82. The van der Waals surface area contributed by atoms with Crippen molar-refractivity contribution in [1.82, 2.24) is 10.2 Å². The fraction of sp³-hybridized carbons (Fsp3) is 0.462. The zero-order chi connectivity index (χ0) is 13.7. The number of halogens is 2. The number of nitrogens with one attached hydrogen (secondary N) is 2. The van der Waals surface area contributed by atoms with E-state index in [0.717, 1.165) is 32.6 Å². The van der Waals surface area contributed by atoms with Crippen LogP contribution in [0.5, 0.6) is 0 Å². The Hall–Kier alpha value is -0.980. The van der Waals surface area contributed by atoms with Gasteiger partial charge in [0.25, 0.3) is 0 Å². The van der Waals surface area contributed by atoms with Crippen LogP contribution in [-0.4, -0.2) is 43.5 Å². The van der Waals surface area contributed by atoms with Crippen molar-refractivity contribution in [2.75, 3.05) is 38.0 Å². The molecule has 4 nitrogen and oxygen atoms in total. The molecule has 1 aliphatic rings. The van der Waals surface area contributed by atoms with Gasteiger partial charge in [-0.15, -0.1) is 0 Å². The van der Waals surface area contributed by atoms with Crippen molar-refractivity contribution < 1.29 is 9.18 Å². The van der Waals surface area contributed by atoms with Crippen LogP contribution in [0.4, 0.5) is 10.1 Å². The van der Waals surface area contributed by atoms with Crippen LogP contribution in [0.1, 0.15) is 6.42 Å². The number of rotatable bonds is 3. The summed E-state index contributed by atoms with van der Waals surface area (Å²) in [7, 11) is 0. The molecule has 0 aromatic heterocycles. The Labute approximate surface area is 120 Å². The van der Waals surface area contributed by atoms with Crippen molar-refractivity contribution in [1.29, 1.82) is 0 Å². The minimum Gasteiger partial charge on any atom is -0.325 e. The lowest BCUT2D eigenvalue weighted by atomic mass is 10.3. The molecule has 1 aromatic rings. The van der Waals surface area contributed by atoms with Crippen LogP contribution < -0.4 is 10.6 Å². The molecule has 0 spiro atoms. The number of benzene rings is 1. The van der Waals surface area contributed by atoms with Gasteiger partial charge in [0, 0.05) is 18.8 Å². The molecule has 0 aliphatic carbocycles. The minimum atomic E-state index is -0.336. The van der Waals surface area contributed by atoms with Crippen molar-refractivity contribution in [3.05, 3.63) is 28.5 Å². The van der Waals surface area contributed by atoms with E-state index in [4.69, 9.17) is 0 Å². The van der Waals surface area contributed by atoms with E-state index in [9.17, 15) is 9.18 Å². The number of hydrogen-bond acceptors (Lipinski definition) is 3. The van der Waals surface area contributed by atoms with Crippen molar-refractivity contribution in [2.45, 2.75) is 6.42 Å². The van der Waals surface area contributed by atoms with Gasteiger partial charge in [0.1, 0.15) is 5.82 Å². The third kappa shape index (κ3) is 4.56. The molecule has 0 saturated carbocycles. The second-order valence-electron chi connectivity index (χ2n) is 4.56. The largest absolute Gasteiger partial charge is 0.325 e. The van der Waals surface area contributed by atoms with E-state index in [1.807, 2.05) is 0 Å². The molecule has 0 bridgehead atoms. The molecule has 0 unspecified atom stereocenters. The van der Waals surface area contributed by atoms with Crippen LogP contribution in [0.25, 0.3) is 0 Å². The minimum absolute atomic E-state index is 0.0691. The second-order valence-corrected chi connectivity index (χ2v) is 5.41. The van der Waals surface area contributed by atoms with Crippen molar-refractivity contribution in [3.8, 4) is 0 Å². The molecule has 2 N–H and O–H groups in total. The van der Waals surface area contributed by atoms with Gasteiger partial charge in [-0.3, -0.25) is 9.69 Å². The number of carbonyl (C=O) groups is 1. The second kappa shape index (κ2) is 6.98. The van der Waals surface area contributed by atoms with Crippen molar-refractivity contribution >= 4 is 27.5 Å². The van der Waals surface area contributed by atoms with Gasteiger partial charge >= 0.3 is 0 Å². The third-order valence-corrected chi connectivity index (χ3v) is 3.61. The van der Waals surface area contributed by atoms with Gasteiger partial charge < -0.3 is 10.6 Å². The van der Waals surface area contributed by atoms with Gasteiger partial charge in [0.2, 0.25) is 5.91 Å². The monoisotopic (exact) mass is 329 g/mol. The van der Waals surface area contributed by atoms with E-state index in [-0.39, 0.29) is 11.7 Å². The summed E-state index contributed by atoms with van der Waals surface area (Å²) in [6.07, 6.45) is 1.05. The first-order chi connectivity index (χ1) is 9.15. The third-order valence-electron chi connectivity index (χ3n) is 3.00. The van der Waals surface area contributed by atoms with E-state index in [0.29, 0.717) is 16.7 Å². The molecule has 104 valence electrons. The average molecular weight is 330 g/mol. The summed E-state index contributed by atoms with van der Waals surface area (Å²) in [5.41, 5.74) is 0.603. The molecule has 1 aromatic carbocycles. The number of carbonyl (C=O) groups excluding carboxylic acids is 1. The van der Waals surface area contributed by atoms with E-state index >= 15 is 0 Å². The number of nitrogens with zero attached hydrogens (tertiary/aromatic N) is 1. The smallest absolute Gasteiger partial charge is 0.238 e. The number of hydrogen-bond donors (Lipinski definition) is 2. The van der Waals surface area contributed by atoms with Crippen molar-refractivity contribution in [2.24, 2.45) is 0 Å². The molecule has 0 radical (unpaired) electrons. The van der Waals surface area contributed by atoms with E-state index in [1.54, 1.807) is 12.1 Å². The topological polar surface area (TPSA) is 44.4 Å². The first kappa shape index (κ1) is 14.4. The molecule has 1 heterocycles. The Morgan fingerprint density at radius 2 is 2.26 bits per heavy atom. The standard InChI is InChI=1S/C13H17BrFN3O/c14-11-8-10(2-3-12(11)15)17-13(19)9-18-6-1-4-16-5-7-18/h2-3,8,16H,1,4-7,9H2,(H,17,19). The fourth-order valence-electron chi connectivity index (χ4n) is 2.04. The molecule has 1 amide bonds. The maximum absolute atomic E-state index is 13.1. The average Bonchev–Trinajstić information content (AvgIpc) is 2.62. The van der Waals surface area contributed by atoms with Crippen LogP contribution >= 0.6 is 15.9 Å².